The Morgan fingerprint density at radius 1 is 1.38 bits per heavy atom. The van der Waals surface area contributed by atoms with Crippen LogP contribution in [0.4, 0.5) is 4.79 Å². The molecule has 0 saturated carbocycles. The monoisotopic (exact) mass is 329 g/mol. The summed E-state index contributed by atoms with van der Waals surface area (Å²) in [6.45, 7) is 7.39. The van der Waals surface area contributed by atoms with Gasteiger partial charge in [0.15, 0.2) is 0 Å². The molecule has 24 heavy (non-hydrogen) atoms. The Labute approximate surface area is 143 Å². The van der Waals surface area contributed by atoms with Crippen molar-refractivity contribution in [2.75, 3.05) is 26.7 Å². The number of hydrogen-bond acceptors (Lipinski definition) is 3. The van der Waals surface area contributed by atoms with Gasteiger partial charge in [0, 0.05) is 31.6 Å². The molecule has 1 saturated heterocycles. The van der Waals surface area contributed by atoms with Gasteiger partial charge in [-0.25, -0.2) is 4.79 Å². The number of piperidine rings is 1. The normalized spacial score (nSPS) is 17.8. The number of para-hydroxylation sites is 1. The Morgan fingerprint density at radius 2 is 2.08 bits per heavy atom. The summed E-state index contributed by atoms with van der Waals surface area (Å²) in [5.41, 5.74) is 0.861. The van der Waals surface area contributed by atoms with Gasteiger partial charge < -0.3 is 19.5 Å². The van der Waals surface area contributed by atoms with Crippen LogP contribution in [-0.2, 0) is 0 Å². The quantitative estimate of drug-likeness (QED) is 0.932. The number of furan rings is 1. The molecule has 2 amide bonds. The number of carbonyl (C=O) groups excluding carboxylic acids is 1. The molecular formula is C19H27N3O2. The summed E-state index contributed by atoms with van der Waals surface area (Å²) in [5, 5.41) is 4.24. The zero-order chi connectivity index (χ0) is 17.1. The van der Waals surface area contributed by atoms with Gasteiger partial charge in [-0.1, -0.05) is 25.1 Å². The van der Waals surface area contributed by atoms with E-state index in [0.717, 1.165) is 49.2 Å². The lowest BCUT2D eigenvalue weighted by molar-refractivity contribution is 0.168. The van der Waals surface area contributed by atoms with E-state index in [9.17, 15) is 4.79 Å². The summed E-state index contributed by atoms with van der Waals surface area (Å²) < 4.78 is 5.89. The SMILES string of the molecule is CCN1CCC(NC(=O)N(C)[C@@H](C)c2cc3ccccc3o2)CC1. The number of carbonyl (C=O) groups is 1. The van der Waals surface area contributed by atoms with Gasteiger partial charge >= 0.3 is 6.03 Å². The lowest BCUT2D eigenvalue weighted by Gasteiger charge is -2.33. The Morgan fingerprint density at radius 3 is 2.75 bits per heavy atom. The third-order valence-corrected chi connectivity index (χ3v) is 5.12. The first kappa shape index (κ1) is 16.8. The van der Waals surface area contributed by atoms with Crippen molar-refractivity contribution >= 4 is 17.0 Å². The van der Waals surface area contributed by atoms with Crippen molar-refractivity contribution in [1.82, 2.24) is 15.1 Å². The Kier molecular flexibility index (Phi) is 5.09. The molecule has 3 rings (SSSR count). The number of benzene rings is 1. The number of nitrogens with zero attached hydrogens (tertiary/aromatic N) is 2. The maximum Gasteiger partial charge on any atom is 0.317 e. The number of rotatable bonds is 4. The van der Waals surface area contributed by atoms with Gasteiger partial charge in [0.1, 0.15) is 11.3 Å². The molecule has 1 fully saturated rings. The van der Waals surface area contributed by atoms with Gasteiger partial charge in [-0.3, -0.25) is 0 Å². The van der Waals surface area contributed by atoms with Crippen molar-refractivity contribution < 1.29 is 9.21 Å². The highest BCUT2D eigenvalue weighted by Gasteiger charge is 2.24. The van der Waals surface area contributed by atoms with Crippen LogP contribution in [0, 0.1) is 0 Å². The largest absolute Gasteiger partial charge is 0.459 e. The molecule has 0 unspecified atom stereocenters. The van der Waals surface area contributed by atoms with E-state index in [4.69, 9.17) is 4.42 Å². The van der Waals surface area contributed by atoms with Crippen molar-refractivity contribution in [1.29, 1.82) is 0 Å². The average Bonchev–Trinajstić information content (AvgIpc) is 3.05. The van der Waals surface area contributed by atoms with Crippen LogP contribution in [0.3, 0.4) is 0 Å². The number of hydrogen-bond donors (Lipinski definition) is 1. The molecule has 0 aliphatic carbocycles. The Bertz CT molecular complexity index is 656. The molecule has 1 aromatic heterocycles. The zero-order valence-electron chi connectivity index (χ0n) is 14.8. The van der Waals surface area contributed by atoms with Crippen LogP contribution < -0.4 is 5.32 Å². The predicted molar refractivity (Wildman–Crippen MR) is 96.1 cm³/mol. The van der Waals surface area contributed by atoms with Gasteiger partial charge in [0.05, 0.1) is 6.04 Å². The fraction of sp³-hybridized carbons (Fsp3) is 0.526. The fourth-order valence-electron chi connectivity index (χ4n) is 3.25. The summed E-state index contributed by atoms with van der Waals surface area (Å²) in [6.07, 6.45) is 2.04. The highest BCUT2D eigenvalue weighted by molar-refractivity contribution is 5.78. The van der Waals surface area contributed by atoms with Crippen LogP contribution in [0.1, 0.15) is 38.5 Å². The van der Waals surface area contributed by atoms with Crippen LogP contribution in [0.5, 0.6) is 0 Å². The van der Waals surface area contributed by atoms with Gasteiger partial charge in [0.25, 0.3) is 0 Å². The molecule has 5 heteroatoms. The second-order valence-corrected chi connectivity index (χ2v) is 6.63. The highest BCUT2D eigenvalue weighted by atomic mass is 16.3. The van der Waals surface area contributed by atoms with Gasteiger partial charge in [-0.2, -0.15) is 0 Å². The molecule has 0 spiro atoms. The Balaban J connectivity index is 1.60. The van der Waals surface area contributed by atoms with Crippen LogP contribution in [-0.4, -0.2) is 48.6 Å². The molecule has 1 aliphatic heterocycles. The van der Waals surface area contributed by atoms with E-state index < -0.39 is 0 Å². The van der Waals surface area contributed by atoms with Crippen LogP contribution in [0.2, 0.25) is 0 Å². The lowest BCUT2D eigenvalue weighted by Crippen LogP contribution is -2.48. The minimum Gasteiger partial charge on any atom is -0.459 e. The number of likely N-dealkylation sites (tertiary alicyclic amines) is 1. The number of fused-ring (bicyclic) bond motifs is 1. The zero-order valence-corrected chi connectivity index (χ0v) is 14.8. The van der Waals surface area contributed by atoms with Crippen molar-refractivity contribution in [2.24, 2.45) is 0 Å². The molecule has 130 valence electrons. The third kappa shape index (κ3) is 3.56. The second kappa shape index (κ2) is 7.26. The van der Waals surface area contributed by atoms with E-state index >= 15 is 0 Å². The summed E-state index contributed by atoms with van der Waals surface area (Å²) in [4.78, 5) is 16.7. The lowest BCUT2D eigenvalue weighted by atomic mass is 10.1. The first-order chi connectivity index (χ1) is 11.6. The van der Waals surface area contributed by atoms with Gasteiger partial charge in [0.2, 0.25) is 0 Å². The molecule has 5 nitrogen and oxygen atoms in total. The molecule has 1 aliphatic rings. The van der Waals surface area contributed by atoms with E-state index in [0.29, 0.717) is 0 Å². The number of nitrogens with one attached hydrogen (secondary N) is 1. The molecule has 1 N–H and O–H groups in total. The third-order valence-electron chi connectivity index (χ3n) is 5.12. The summed E-state index contributed by atoms with van der Waals surface area (Å²) in [6, 6.07) is 10.1. The van der Waals surface area contributed by atoms with E-state index in [1.165, 1.54) is 0 Å². The molecule has 0 radical (unpaired) electrons. The van der Waals surface area contributed by atoms with Crippen LogP contribution in [0.25, 0.3) is 11.0 Å². The van der Waals surface area contributed by atoms with Crippen molar-refractivity contribution in [3.05, 3.63) is 36.1 Å². The highest BCUT2D eigenvalue weighted by Crippen LogP contribution is 2.26. The Hall–Kier alpha value is -2.01. The van der Waals surface area contributed by atoms with Crippen molar-refractivity contribution in [3.8, 4) is 0 Å². The molecule has 2 aromatic rings. The molecule has 0 bridgehead atoms. The van der Waals surface area contributed by atoms with Gasteiger partial charge in [-0.15, -0.1) is 0 Å². The minimum atomic E-state index is -0.104. The fourth-order valence-corrected chi connectivity index (χ4v) is 3.25. The smallest absolute Gasteiger partial charge is 0.317 e. The van der Waals surface area contributed by atoms with E-state index in [2.05, 4.69) is 17.1 Å². The topological polar surface area (TPSA) is 48.7 Å². The van der Waals surface area contributed by atoms with E-state index in [-0.39, 0.29) is 18.1 Å². The first-order valence-corrected chi connectivity index (χ1v) is 8.82. The standard InChI is InChI=1S/C19H27N3O2/c1-4-22-11-9-16(10-12-22)20-19(23)21(3)14(2)18-13-15-7-5-6-8-17(15)24-18/h5-8,13-14,16H,4,9-12H2,1-3H3,(H,20,23)/t14-/m0/s1. The predicted octanol–water partition coefficient (Wildman–Crippen LogP) is 3.62. The molecule has 2 heterocycles. The van der Waals surface area contributed by atoms with Crippen molar-refractivity contribution in [3.63, 3.8) is 0 Å². The molecular weight excluding hydrogens is 302 g/mol. The van der Waals surface area contributed by atoms with E-state index in [1.807, 2.05) is 44.3 Å². The maximum absolute atomic E-state index is 12.6. The minimum absolute atomic E-state index is 0.0297. The molecule has 1 atom stereocenters. The molecule has 1 aromatic carbocycles. The van der Waals surface area contributed by atoms with Crippen LogP contribution in [0.15, 0.2) is 34.7 Å². The van der Waals surface area contributed by atoms with Crippen molar-refractivity contribution in [2.45, 2.75) is 38.8 Å². The van der Waals surface area contributed by atoms with E-state index in [1.54, 1.807) is 4.90 Å². The average molecular weight is 329 g/mol. The maximum atomic E-state index is 12.6. The second-order valence-electron chi connectivity index (χ2n) is 6.63. The summed E-state index contributed by atoms with van der Waals surface area (Å²) >= 11 is 0. The number of urea groups is 1. The summed E-state index contributed by atoms with van der Waals surface area (Å²) in [7, 11) is 1.83. The summed E-state index contributed by atoms with van der Waals surface area (Å²) in [5.74, 6) is 0.814. The van der Waals surface area contributed by atoms with Crippen LogP contribution >= 0.6 is 0 Å². The van der Waals surface area contributed by atoms with Gasteiger partial charge in [-0.05, 0) is 38.4 Å². The first-order valence-electron chi connectivity index (χ1n) is 8.82. The number of amides is 2.